The summed E-state index contributed by atoms with van der Waals surface area (Å²) in [5.41, 5.74) is 5.94. The van der Waals surface area contributed by atoms with Gasteiger partial charge in [-0.25, -0.2) is 0 Å². The number of aromatic hydroxyl groups is 2. The maximum Gasteiger partial charge on any atom is 0.162 e. The molecule has 72 valence electrons. The number of para-hydroxylation sites is 1. The fourth-order valence-corrected chi connectivity index (χ4v) is 1.12. The van der Waals surface area contributed by atoms with Gasteiger partial charge in [-0.2, -0.15) is 0 Å². The average molecular weight is 185 g/mol. The Morgan fingerprint density at radius 1 is 1.38 bits per heavy atom. The van der Waals surface area contributed by atoms with E-state index in [9.17, 15) is 9.50 Å². The number of phenolic OH excluding ortho intramolecular Hbond substituents is 2. The maximum atomic E-state index is 11.9. The van der Waals surface area contributed by atoms with Gasteiger partial charge in [-0.3, -0.25) is 4.39 Å². The first-order valence-corrected chi connectivity index (χ1v) is 3.99. The monoisotopic (exact) mass is 185 g/mol. The lowest BCUT2D eigenvalue weighted by molar-refractivity contribution is 0.388. The fourth-order valence-electron chi connectivity index (χ4n) is 1.12. The van der Waals surface area contributed by atoms with Gasteiger partial charge in [-0.05, 0) is 12.5 Å². The van der Waals surface area contributed by atoms with Crippen LogP contribution in [0.3, 0.4) is 0 Å². The molecule has 4 heteroatoms. The number of hydrogen-bond acceptors (Lipinski definition) is 3. The Kier molecular flexibility index (Phi) is 3.08. The molecule has 0 aliphatic rings. The summed E-state index contributed by atoms with van der Waals surface area (Å²) in [7, 11) is 0. The van der Waals surface area contributed by atoms with Gasteiger partial charge >= 0.3 is 0 Å². The van der Waals surface area contributed by atoms with Crippen LogP contribution in [-0.2, 0) is 0 Å². The summed E-state index contributed by atoms with van der Waals surface area (Å²) in [5, 5.41) is 18.5. The topological polar surface area (TPSA) is 66.5 Å². The zero-order valence-electron chi connectivity index (χ0n) is 7.07. The third-order valence-corrected chi connectivity index (χ3v) is 1.87. The van der Waals surface area contributed by atoms with Crippen molar-refractivity contribution >= 4 is 0 Å². The van der Waals surface area contributed by atoms with Crippen LogP contribution in [0.2, 0.25) is 0 Å². The van der Waals surface area contributed by atoms with E-state index in [1.807, 2.05) is 0 Å². The van der Waals surface area contributed by atoms with E-state index < -0.39 is 12.7 Å². The SMILES string of the molecule is N[C@H](CCF)c1cccc(O)c1O. The number of phenols is 2. The molecule has 1 aromatic rings. The van der Waals surface area contributed by atoms with Crippen LogP contribution < -0.4 is 5.73 Å². The molecule has 1 atom stereocenters. The maximum absolute atomic E-state index is 11.9. The first-order chi connectivity index (χ1) is 6.16. The van der Waals surface area contributed by atoms with Crippen molar-refractivity contribution in [3.63, 3.8) is 0 Å². The van der Waals surface area contributed by atoms with Gasteiger partial charge in [0.05, 0.1) is 6.67 Å². The zero-order valence-corrected chi connectivity index (χ0v) is 7.07. The molecule has 0 heterocycles. The highest BCUT2D eigenvalue weighted by Crippen LogP contribution is 2.32. The van der Waals surface area contributed by atoms with Crippen LogP contribution in [0, 0.1) is 0 Å². The van der Waals surface area contributed by atoms with Gasteiger partial charge in [0.15, 0.2) is 11.5 Å². The van der Waals surface area contributed by atoms with E-state index in [0.29, 0.717) is 5.56 Å². The lowest BCUT2D eigenvalue weighted by Gasteiger charge is -2.12. The molecule has 0 aliphatic heterocycles. The summed E-state index contributed by atoms with van der Waals surface area (Å²) in [5.74, 6) is -0.491. The molecule has 4 N–H and O–H groups in total. The van der Waals surface area contributed by atoms with Gasteiger partial charge in [0.25, 0.3) is 0 Å². The molecule has 1 rings (SSSR count). The lowest BCUT2D eigenvalue weighted by Crippen LogP contribution is -2.10. The summed E-state index contributed by atoms with van der Waals surface area (Å²) < 4.78 is 11.9. The van der Waals surface area contributed by atoms with Gasteiger partial charge in [0.1, 0.15) is 0 Å². The molecule has 0 amide bonds. The molecule has 0 spiro atoms. The van der Waals surface area contributed by atoms with Gasteiger partial charge < -0.3 is 15.9 Å². The summed E-state index contributed by atoms with van der Waals surface area (Å²) in [6.45, 7) is -0.545. The van der Waals surface area contributed by atoms with Crippen molar-refractivity contribution in [1.82, 2.24) is 0 Å². The predicted octanol–water partition coefficient (Wildman–Crippen LogP) is 1.46. The molecule has 0 unspecified atom stereocenters. The molecule has 13 heavy (non-hydrogen) atoms. The quantitative estimate of drug-likeness (QED) is 0.624. The van der Waals surface area contributed by atoms with Crippen molar-refractivity contribution in [3.05, 3.63) is 23.8 Å². The molecular weight excluding hydrogens is 173 g/mol. The van der Waals surface area contributed by atoms with E-state index in [1.165, 1.54) is 6.07 Å². The van der Waals surface area contributed by atoms with Crippen LogP contribution in [0.5, 0.6) is 11.5 Å². The highest BCUT2D eigenvalue weighted by Gasteiger charge is 2.12. The van der Waals surface area contributed by atoms with E-state index in [0.717, 1.165) is 0 Å². The van der Waals surface area contributed by atoms with Gasteiger partial charge in [-0.15, -0.1) is 0 Å². The smallest absolute Gasteiger partial charge is 0.162 e. The van der Waals surface area contributed by atoms with Crippen LogP contribution in [0.4, 0.5) is 4.39 Å². The van der Waals surface area contributed by atoms with Crippen molar-refractivity contribution in [2.45, 2.75) is 12.5 Å². The normalized spacial score (nSPS) is 12.8. The molecule has 1 aromatic carbocycles. The average Bonchev–Trinajstić information content (AvgIpc) is 2.10. The van der Waals surface area contributed by atoms with Crippen LogP contribution in [0.15, 0.2) is 18.2 Å². The van der Waals surface area contributed by atoms with Crippen LogP contribution in [0.25, 0.3) is 0 Å². The number of benzene rings is 1. The van der Waals surface area contributed by atoms with E-state index >= 15 is 0 Å². The minimum absolute atomic E-state index is 0.136. The van der Waals surface area contributed by atoms with Crippen LogP contribution >= 0.6 is 0 Å². The molecule has 0 fully saturated rings. The standard InChI is InChI=1S/C9H12FNO2/c10-5-4-7(11)6-2-1-3-8(12)9(6)13/h1-3,7,12-13H,4-5,11H2/t7-/m1/s1. The number of hydrogen-bond donors (Lipinski definition) is 3. The van der Waals surface area contributed by atoms with Crippen molar-refractivity contribution in [1.29, 1.82) is 0 Å². The second-order valence-corrected chi connectivity index (χ2v) is 2.80. The minimum atomic E-state index is -0.572. The Balaban J connectivity index is 2.93. The third kappa shape index (κ3) is 2.09. The summed E-state index contributed by atoms with van der Waals surface area (Å²) in [4.78, 5) is 0. The molecule has 0 saturated heterocycles. The molecule has 0 saturated carbocycles. The van der Waals surface area contributed by atoms with E-state index in [2.05, 4.69) is 0 Å². The molecule has 0 bridgehead atoms. The van der Waals surface area contributed by atoms with E-state index in [1.54, 1.807) is 12.1 Å². The number of rotatable bonds is 3. The van der Waals surface area contributed by atoms with E-state index in [4.69, 9.17) is 10.8 Å². The zero-order chi connectivity index (χ0) is 9.84. The number of nitrogens with two attached hydrogens (primary N) is 1. The highest BCUT2D eigenvalue weighted by molar-refractivity contribution is 5.45. The molecule has 3 nitrogen and oxygen atoms in total. The molecular formula is C9H12FNO2. The number of alkyl halides is 1. The van der Waals surface area contributed by atoms with Crippen LogP contribution in [-0.4, -0.2) is 16.9 Å². The van der Waals surface area contributed by atoms with Crippen molar-refractivity contribution in [3.8, 4) is 11.5 Å². The predicted molar refractivity (Wildman–Crippen MR) is 47.3 cm³/mol. The molecule has 0 aliphatic carbocycles. The second-order valence-electron chi connectivity index (χ2n) is 2.80. The summed E-state index contributed by atoms with van der Waals surface area (Å²) in [6.07, 6.45) is 0.136. The molecule has 0 radical (unpaired) electrons. The van der Waals surface area contributed by atoms with Gasteiger partial charge in [-0.1, -0.05) is 12.1 Å². The fraction of sp³-hybridized carbons (Fsp3) is 0.333. The van der Waals surface area contributed by atoms with Crippen molar-refractivity contribution in [2.75, 3.05) is 6.67 Å². The Morgan fingerprint density at radius 3 is 2.69 bits per heavy atom. The lowest BCUT2D eigenvalue weighted by atomic mass is 10.0. The Morgan fingerprint density at radius 2 is 2.08 bits per heavy atom. The van der Waals surface area contributed by atoms with Gasteiger partial charge in [0.2, 0.25) is 0 Å². The first-order valence-electron chi connectivity index (χ1n) is 3.99. The Labute approximate surface area is 75.6 Å². The second kappa shape index (κ2) is 4.09. The third-order valence-electron chi connectivity index (χ3n) is 1.87. The Hall–Kier alpha value is -1.29. The number of halogens is 1. The first kappa shape index (κ1) is 9.80. The largest absolute Gasteiger partial charge is 0.504 e. The van der Waals surface area contributed by atoms with Crippen molar-refractivity contribution < 1.29 is 14.6 Å². The summed E-state index contributed by atoms with van der Waals surface area (Å²) >= 11 is 0. The highest BCUT2D eigenvalue weighted by atomic mass is 19.1. The van der Waals surface area contributed by atoms with Crippen molar-refractivity contribution in [2.24, 2.45) is 5.73 Å². The Bertz CT molecular complexity index is 291. The van der Waals surface area contributed by atoms with Gasteiger partial charge in [0, 0.05) is 11.6 Å². The minimum Gasteiger partial charge on any atom is -0.504 e. The summed E-state index contributed by atoms with van der Waals surface area (Å²) in [6, 6.07) is 3.90. The molecule has 0 aromatic heterocycles. The van der Waals surface area contributed by atoms with Crippen LogP contribution in [0.1, 0.15) is 18.0 Å². The van der Waals surface area contributed by atoms with E-state index in [-0.39, 0.29) is 17.9 Å².